The monoisotopic (exact) mass is 215 g/mol. The fraction of sp³-hybridized carbons (Fsp3) is 0.818. The number of hydrogen-bond acceptors (Lipinski definition) is 4. The maximum Gasteiger partial charge on any atom is 0.302 e. The lowest BCUT2D eigenvalue weighted by Gasteiger charge is -2.24. The smallest absolute Gasteiger partial charge is 0.302 e. The fourth-order valence-corrected chi connectivity index (χ4v) is 1.37. The summed E-state index contributed by atoms with van der Waals surface area (Å²) in [6.45, 7) is 6.78. The number of rotatable bonds is 5. The van der Waals surface area contributed by atoms with Gasteiger partial charge in [-0.3, -0.25) is 4.79 Å². The lowest BCUT2D eigenvalue weighted by Crippen LogP contribution is -2.26. The van der Waals surface area contributed by atoms with Crippen molar-refractivity contribution in [2.75, 3.05) is 19.8 Å². The van der Waals surface area contributed by atoms with Gasteiger partial charge in [-0.1, -0.05) is 0 Å². The fourth-order valence-electron chi connectivity index (χ4n) is 1.37. The summed E-state index contributed by atoms with van der Waals surface area (Å²) in [6, 6.07) is 0. The maximum absolute atomic E-state index is 10.5. The molecular formula is C11H19O4. The molecule has 1 aliphatic heterocycles. The summed E-state index contributed by atoms with van der Waals surface area (Å²) in [7, 11) is 0. The van der Waals surface area contributed by atoms with Gasteiger partial charge >= 0.3 is 5.97 Å². The minimum atomic E-state index is -0.280. The molecule has 0 aromatic heterocycles. The highest BCUT2D eigenvalue weighted by Crippen LogP contribution is 2.14. The van der Waals surface area contributed by atoms with Gasteiger partial charge in [-0.2, -0.15) is 0 Å². The molecule has 1 radical (unpaired) electrons. The number of ether oxygens (including phenoxy) is 3. The molecule has 0 spiro atoms. The first-order valence-corrected chi connectivity index (χ1v) is 5.38. The molecule has 1 aliphatic rings. The number of carbonyl (C=O) groups is 1. The molecule has 1 rings (SSSR count). The van der Waals surface area contributed by atoms with E-state index in [1.165, 1.54) is 6.92 Å². The van der Waals surface area contributed by atoms with E-state index in [9.17, 15) is 4.79 Å². The van der Waals surface area contributed by atoms with Gasteiger partial charge < -0.3 is 14.2 Å². The first kappa shape index (κ1) is 12.5. The molecule has 0 bridgehead atoms. The molecule has 0 aromatic rings. The molecule has 4 heteroatoms. The van der Waals surface area contributed by atoms with Crippen molar-refractivity contribution < 1.29 is 19.0 Å². The van der Waals surface area contributed by atoms with Crippen LogP contribution in [0, 0.1) is 12.8 Å². The Kier molecular flexibility index (Phi) is 5.65. The van der Waals surface area contributed by atoms with Crippen molar-refractivity contribution in [1.82, 2.24) is 0 Å². The molecule has 0 amide bonds. The van der Waals surface area contributed by atoms with Gasteiger partial charge in [-0.25, -0.2) is 0 Å². The van der Waals surface area contributed by atoms with Gasteiger partial charge in [0, 0.05) is 19.4 Å². The summed E-state index contributed by atoms with van der Waals surface area (Å²) in [6.07, 6.45) is 3.11. The Morgan fingerprint density at radius 1 is 1.53 bits per heavy atom. The molecule has 2 atom stereocenters. The molecule has 2 unspecified atom stereocenters. The third kappa shape index (κ3) is 5.74. The Hall–Kier alpha value is -0.610. The van der Waals surface area contributed by atoms with Gasteiger partial charge in [0.2, 0.25) is 0 Å². The van der Waals surface area contributed by atoms with Crippen molar-refractivity contribution >= 4 is 5.97 Å². The second-order valence-electron chi connectivity index (χ2n) is 3.80. The minimum Gasteiger partial charge on any atom is -0.465 e. The van der Waals surface area contributed by atoms with Gasteiger partial charge in [0.05, 0.1) is 13.2 Å². The summed E-state index contributed by atoms with van der Waals surface area (Å²) in [5.74, 6) is -0.308. The van der Waals surface area contributed by atoms with E-state index in [0.717, 1.165) is 25.9 Å². The first-order chi connectivity index (χ1) is 7.18. The Bertz CT molecular complexity index is 187. The Morgan fingerprint density at radius 2 is 2.33 bits per heavy atom. The Morgan fingerprint density at radius 3 is 2.93 bits per heavy atom. The van der Waals surface area contributed by atoms with Gasteiger partial charge in [-0.15, -0.1) is 0 Å². The van der Waals surface area contributed by atoms with E-state index in [-0.39, 0.29) is 18.2 Å². The minimum absolute atomic E-state index is 0.0283. The normalized spacial score (nSPS) is 23.5. The van der Waals surface area contributed by atoms with E-state index >= 15 is 0 Å². The summed E-state index contributed by atoms with van der Waals surface area (Å²) in [5.41, 5.74) is 0. The van der Waals surface area contributed by atoms with E-state index < -0.39 is 0 Å². The molecule has 1 heterocycles. The number of carbonyl (C=O) groups excluding carboxylic acids is 1. The van der Waals surface area contributed by atoms with Gasteiger partial charge in [0.25, 0.3) is 0 Å². The molecule has 87 valence electrons. The zero-order chi connectivity index (χ0) is 11.1. The van der Waals surface area contributed by atoms with Crippen LogP contribution in [0.25, 0.3) is 0 Å². The van der Waals surface area contributed by atoms with Gasteiger partial charge in [0.15, 0.2) is 6.29 Å². The van der Waals surface area contributed by atoms with Crippen LogP contribution >= 0.6 is 0 Å². The number of hydrogen-bond donors (Lipinski definition) is 0. The van der Waals surface area contributed by atoms with Crippen molar-refractivity contribution in [2.45, 2.75) is 32.5 Å². The van der Waals surface area contributed by atoms with Crippen LogP contribution in [0.15, 0.2) is 0 Å². The van der Waals surface area contributed by atoms with Gasteiger partial charge in [-0.05, 0) is 26.2 Å². The average Bonchev–Trinajstić information content (AvgIpc) is 2.25. The molecule has 4 nitrogen and oxygen atoms in total. The van der Waals surface area contributed by atoms with Crippen LogP contribution < -0.4 is 0 Å². The number of esters is 1. The second-order valence-corrected chi connectivity index (χ2v) is 3.80. The third-order valence-electron chi connectivity index (χ3n) is 2.18. The Balaban J connectivity index is 2.04. The lowest BCUT2D eigenvalue weighted by molar-refractivity contribution is -0.170. The summed E-state index contributed by atoms with van der Waals surface area (Å²) in [5, 5.41) is 0. The van der Waals surface area contributed by atoms with E-state index in [4.69, 9.17) is 14.2 Å². The topological polar surface area (TPSA) is 44.8 Å². The molecular weight excluding hydrogens is 196 g/mol. The quantitative estimate of drug-likeness (QED) is 0.653. The standard InChI is InChI=1S/C11H19O4/c1-9(7-14-10(2)12)8-15-11-5-3-4-6-13-11/h9,11H,1,3-8H2,2H3. The van der Waals surface area contributed by atoms with E-state index in [2.05, 4.69) is 6.92 Å². The van der Waals surface area contributed by atoms with Crippen molar-refractivity contribution in [3.63, 3.8) is 0 Å². The van der Waals surface area contributed by atoms with Crippen LogP contribution in [0.2, 0.25) is 0 Å². The van der Waals surface area contributed by atoms with Crippen molar-refractivity contribution in [1.29, 1.82) is 0 Å². The summed E-state index contributed by atoms with van der Waals surface area (Å²) >= 11 is 0. The highest BCUT2D eigenvalue weighted by atomic mass is 16.7. The van der Waals surface area contributed by atoms with Gasteiger partial charge in [0.1, 0.15) is 0 Å². The van der Waals surface area contributed by atoms with E-state index in [0.29, 0.717) is 13.2 Å². The average molecular weight is 215 g/mol. The maximum atomic E-state index is 10.5. The van der Waals surface area contributed by atoms with Crippen molar-refractivity contribution in [3.8, 4) is 0 Å². The predicted octanol–water partition coefficient (Wildman–Crippen LogP) is 1.54. The largest absolute Gasteiger partial charge is 0.465 e. The molecule has 0 aromatic carbocycles. The zero-order valence-corrected chi connectivity index (χ0v) is 9.24. The second kappa shape index (κ2) is 6.80. The van der Waals surface area contributed by atoms with Crippen LogP contribution in [-0.2, 0) is 19.0 Å². The summed E-state index contributed by atoms with van der Waals surface area (Å²) in [4.78, 5) is 10.5. The molecule has 1 fully saturated rings. The van der Waals surface area contributed by atoms with E-state index in [1.807, 2.05) is 0 Å². The first-order valence-electron chi connectivity index (χ1n) is 5.38. The molecule has 1 saturated heterocycles. The van der Waals surface area contributed by atoms with Crippen LogP contribution in [0.1, 0.15) is 26.2 Å². The zero-order valence-electron chi connectivity index (χ0n) is 9.24. The van der Waals surface area contributed by atoms with Crippen LogP contribution in [0.4, 0.5) is 0 Å². The van der Waals surface area contributed by atoms with Crippen LogP contribution in [-0.4, -0.2) is 32.1 Å². The molecule has 0 N–H and O–H groups in total. The highest BCUT2D eigenvalue weighted by Gasteiger charge is 2.15. The lowest BCUT2D eigenvalue weighted by atomic mass is 10.2. The van der Waals surface area contributed by atoms with E-state index in [1.54, 1.807) is 0 Å². The van der Waals surface area contributed by atoms with Crippen LogP contribution in [0.3, 0.4) is 0 Å². The highest BCUT2D eigenvalue weighted by molar-refractivity contribution is 5.65. The predicted molar refractivity (Wildman–Crippen MR) is 55.0 cm³/mol. The molecule has 0 saturated carbocycles. The van der Waals surface area contributed by atoms with Crippen molar-refractivity contribution in [2.24, 2.45) is 5.92 Å². The summed E-state index contributed by atoms with van der Waals surface area (Å²) < 4.78 is 15.7. The molecule has 15 heavy (non-hydrogen) atoms. The van der Waals surface area contributed by atoms with Crippen LogP contribution in [0.5, 0.6) is 0 Å². The molecule has 0 aliphatic carbocycles. The Labute approximate surface area is 90.9 Å². The van der Waals surface area contributed by atoms with Crippen molar-refractivity contribution in [3.05, 3.63) is 6.92 Å². The SMILES string of the molecule is [CH2]C(COC(C)=O)COC1CCCCO1. The third-order valence-corrected chi connectivity index (χ3v) is 2.18.